The number of hydrogen-bond donors (Lipinski definition) is 0. The molecule has 0 aliphatic heterocycles. The smallest absolute Gasteiger partial charge is 0.220 e. The molecule has 3 aromatic rings. The highest BCUT2D eigenvalue weighted by Crippen LogP contribution is 2.23. The molecule has 0 atom stereocenters. The van der Waals surface area contributed by atoms with Crippen LogP contribution in [0.25, 0.3) is 0 Å². The highest BCUT2D eigenvalue weighted by Gasteiger charge is 2.04. The van der Waals surface area contributed by atoms with Crippen LogP contribution in [0, 0.1) is 5.82 Å². The summed E-state index contributed by atoms with van der Waals surface area (Å²) in [5.74, 6) is -0.0286. The lowest BCUT2D eigenvalue weighted by molar-refractivity contribution is 0.427. The van der Waals surface area contributed by atoms with E-state index in [0.717, 1.165) is 0 Å². The maximum absolute atomic E-state index is 13.2. The summed E-state index contributed by atoms with van der Waals surface area (Å²) < 4.78 is 18.4. The van der Waals surface area contributed by atoms with E-state index in [2.05, 4.69) is 9.97 Å². The van der Waals surface area contributed by atoms with E-state index in [4.69, 9.17) is 39.5 Å². The summed E-state index contributed by atoms with van der Waals surface area (Å²) in [4.78, 5) is 7.59. The van der Waals surface area contributed by atoms with Crippen LogP contribution in [0.2, 0.25) is 15.5 Å². The van der Waals surface area contributed by atoms with Gasteiger partial charge in [-0.2, -0.15) is 0 Å². The first-order valence-corrected chi connectivity index (χ1v) is 7.51. The molecule has 0 saturated heterocycles. The standard InChI is InChI=1S/C11H7ClFNO.C5H3Cl2N/c12-10-6-3-7-11(14-10)15-9-5-2-1-4-8(9)13;6-4-2-1-3-5(7)8-4/h1-7H;1-3H. The number of benzene rings is 1. The topological polar surface area (TPSA) is 35.0 Å². The maximum atomic E-state index is 13.2. The van der Waals surface area contributed by atoms with Crippen molar-refractivity contribution in [2.24, 2.45) is 0 Å². The molecule has 23 heavy (non-hydrogen) atoms. The van der Waals surface area contributed by atoms with Crippen molar-refractivity contribution in [1.29, 1.82) is 0 Å². The molecule has 0 amide bonds. The first-order chi connectivity index (χ1) is 11.0. The van der Waals surface area contributed by atoms with Crippen molar-refractivity contribution in [1.82, 2.24) is 9.97 Å². The van der Waals surface area contributed by atoms with Crippen molar-refractivity contribution in [2.45, 2.75) is 0 Å². The van der Waals surface area contributed by atoms with Crippen molar-refractivity contribution in [3.05, 3.63) is 81.9 Å². The zero-order valence-electron chi connectivity index (χ0n) is 11.6. The SMILES string of the molecule is Clc1cccc(Cl)n1.Fc1ccccc1Oc1cccc(Cl)n1. The molecule has 0 fully saturated rings. The molecule has 2 heterocycles. The number of aromatic nitrogens is 2. The molecule has 0 spiro atoms. The Labute approximate surface area is 147 Å². The van der Waals surface area contributed by atoms with Crippen molar-refractivity contribution < 1.29 is 9.13 Å². The van der Waals surface area contributed by atoms with Gasteiger partial charge in [0, 0.05) is 6.07 Å². The molecule has 0 unspecified atom stereocenters. The van der Waals surface area contributed by atoms with Crippen LogP contribution >= 0.6 is 34.8 Å². The van der Waals surface area contributed by atoms with Gasteiger partial charge < -0.3 is 4.74 Å². The molecule has 3 nitrogen and oxygen atoms in total. The molecule has 3 rings (SSSR count). The van der Waals surface area contributed by atoms with E-state index in [9.17, 15) is 4.39 Å². The first-order valence-electron chi connectivity index (χ1n) is 6.37. The quantitative estimate of drug-likeness (QED) is 0.514. The highest BCUT2D eigenvalue weighted by atomic mass is 35.5. The van der Waals surface area contributed by atoms with Gasteiger partial charge >= 0.3 is 0 Å². The van der Waals surface area contributed by atoms with Crippen LogP contribution in [0.15, 0.2) is 60.7 Å². The molecule has 7 heteroatoms. The lowest BCUT2D eigenvalue weighted by atomic mass is 10.3. The molecule has 0 bridgehead atoms. The third kappa shape index (κ3) is 6.02. The van der Waals surface area contributed by atoms with E-state index >= 15 is 0 Å². The van der Waals surface area contributed by atoms with E-state index in [0.29, 0.717) is 15.5 Å². The molecule has 2 aromatic heterocycles. The van der Waals surface area contributed by atoms with Crippen LogP contribution in [0.3, 0.4) is 0 Å². The van der Waals surface area contributed by atoms with Crippen LogP contribution in [-0.4, -0.2) is 9.97 Å². The van der Waals surface area contributed by atoms with Crippen LogP contribution in [-0.2, 0) is 0 Å². The summed E-state index contributed by atoms with van der Waals surface area (Å²) in [5.41, 5.74) is 0. The number of nitrogens with zero attached hydrogens (tertiary/aromatic N) is 2. The molecule has 0 N–H and O–H groups in total. The second-order valence-corrected chi connectivity index (χ2v) is 5.28. The number of ether oxygens (including phenoxy) is 1. The third-order valence-electron chi connectivity index (χ3n) is 2.42. The van der Waals surface area contributed by atoms with E-state index < -0.39 is 5.82 Å². The monoisotopic (exact) mass is 370 g/mol. The Morgan fingerprint density at radius 1 is 0.696 bits per heavy atom. The van der Waals surface area contributed by atoms with Gasteiger partial charge in [-0.3, -0.25) is 0 Å². The van der Waals surface area contributed by atoms with E-state index in [1.807, 2.05) is 0 Å². The van der Waals surface area contributed by atoms with Crippen LogP contribution in [0.4, 0.5) is 4.39 Å². The highest BCUT2D eigenvalue weighted by molar-refractivity contribution is 6.32. The molecular weight excluding hydrogens is 362 g/mol. The minimum absolute atomic E-state index is 0.132. The van der Waals surface area contributed by atoms with Gasteiger partial charge in [-0.1, -0.05) is 59.1 Å². The Morgan fingerprint density at radius 3 is 1.78 bits per heavy atom. The van der Waals surface area contributed by atoms with Crippen molar-refractivity contribution >= 4 is 34.8 Å². The van der Waals surface area contributed by atoms with Gasteiger partial charge in [0.2, 0.25) is 5.88 Å². The van der Waals surface area contributed by atoms with Crippen molar-refractivity contribution in [2.75, 3.05) is 0 Å². The second kappa shape index (κ2) is 8.67. The maximum Gasteiger partial charge on any atom is 0.220 e. The van der Waals surface area contributed by atoms with Crippen LogP contribution in [0.1, 0.15) is 0 Å². The Balaban J connectivity index is 0.000000203. The summed E-state index contributed by atoms with van der Waals surface area (Å²) in [5, 5.41) is 1.17. The number of pyridine rings is 2. The lowest BCUT2D eigenvalue weighted by Crippen LogP contribution is -1.90. The molecule has 118 valence electrons. The molecule has 0 aliphatic rings. The van der Waals surface area contributed by atoms with Gasteiger partial charge in [-0.25, -0.2) is 14.4 Å². The zero-order valence-corrected chi connectivity index (χ0v) is 13.9. The predicted molar refractivity (Wildman–Crippen MR) is 90.0 cm³/mol. The Bertz CT molecular complexity index is 769. The minimum Gasteiger partial charge on any atom is -0.436 e. The molecule has 0 radical (unpaired) electrons. The number of para-hydroxylation sites is 1. The summed E-state index contributed by atoms with van der Waals surface area (Å²) in [6.45, 7) is 0. The number of rotatable bonds is 2. The third-order valence-corrected chi connectivity index (χ3v) is 3.05. The van der Waals surface area contributed by atoms with Gasteiger partial charge in [-0.05, 0) is 30.3 Å². The number of hydrogen-bond acceptors (Lipinski definition) is 3. The average Bonchev–Trinajstić information content (AvgIpc) is 2.50. The van der Waals surface area contributed by atoms with Gasteiger partial charge in [-0.15, -0.1) is 0 Å². The lowest BCUT2D eigenvalue weighted by Gasteiger charge is -2.04. The first kappa shape index (κ1) is 17.5. The van der Waals surface area contributed by atoms with Gasteiger partial charge in [0.15, 0.2) is 11.6 Å². The fraction of sp³-hybridized carbons (Fsp3) is 0. The predicted octanol–water partition coefficient (Wildman–Crippen LogP) is 6.05. The van der Waals surface area contributed by atoms with Crippen molar-refractivity contribution in [3.63, 3.8) is 0 Å². The zero-order chi connectivity index (χ0) is 16.7. The average molecular weight is 372 g/mol. The van der Waals surface area contributed by atoms with E-state index in [1.54, 1.807) is 48.5 Å². The van der Waals surface area contributed by atoms with E-state index in [1.165, 1.54) is 12.1 Å². The summed E-state index contributed by atoms with van der Waals surface area (Å²) in [7, 11) is 0. The molecular formula is C16H10Cl3FN2O. The summed E-state index contributed by atoms with van der Waals surface area (Å²) in [6.07, 6.45) is 0. The van der Waals surface area contributed by atoms with Gasteiger partial charge in [0.05, 0.1) is 0 Å². The minimum atomic E-state index is -0.431. The fourth-order valence-electron chi connectivity index (χ4n) is 1.47. The second-order valence-electron chi connectivity index (χ2n) is 4.11. The van der Waals surface area contributed by atoms with Crippen molar-refractivity contribution in [3.8, 4) is 11.6 Å². The van der Waals surface area contributed by atoms with Crippen LogP contribution in [0.5, 0.6) is 11.6 Å². The van der Waals surface area contributed by atoms with Crippen LogP contribution < -0.4 is 4.74 Å². The molecule has 0 saturated carbocycles. The summed E-state index contributed by atoms with van der Waals surface area (Å²) in [6, 6.07) is 16.1. The Hall–Kier alpha value is -1.88. The normalized spacial score (nSPS) is 9.74. The largest absolute Gasteiger partial charge is 0.436 e. The Morgan fingerprint density at radius 2 is 1.26 bits per heavy atom. The fourth-order valence-corrected chi connectivity index (χ4v) is 2.00. The molecule has 1 aromatic carbocycles. The van der Waals surface area contributed by atoms with Gasteiger partial charge in [0.1, 0.15) is 15.5 Å². The van der Waals surface area contributed by atoms with Gasteiger partial charge in [0.25, 0.3) is 0 Å². The van der Waals surface area contributed by atoms with E-state index in [-0.39, 0.29) is 11.6 Å². The summed E-state index contributed by atoms with van der Waals surface area (Å²) >= 11 is 16.6. The number of halogens is 4. The molecule has 0 aliphatic carbocycles. The Kier molecular flexibility index (Phi) is 6.59.